The van der Waals surface area contributed by atoms with Crippen LogP contribution in [-0.2, 0) is 6.42 Å². The van der Waals surface area contributed by atoms with E-state index in [0.717, 1.165) is 11.3 Å². The number of fused-ring (bicyclic) bond motifs is 2. The van der Waals surface area contributed by atoms with Gasteiger partial charge in [0.05, 0.1) is 23.8 Å². The summed E-state index contributed by atoms with van der Waals surface area (Å²) in [6, 6.07) is 15.7. The molecule has 1 aliphatic heterocycles. The number of ether oxygens (including phenoxy) is 2. The Kier molecular flexibility index (Phi) is 5.66. The number of rotatable bonds is 6. The largest absolute Gasteiger partial charge is 0.496 e. The fourth-order valence-corrected chi connectivity index (χ4v) is 4.10. The molecule has 0 spiro atoms. The molecule has 0 aliphatic carbocycles. The van der Waals surface area contributed by atoms with Crippen LogP contribution in [0.2, 0.25) is 0 Å². The molecule has 35 heavy (non-hydrogen) atoms. The van der Waals surface area contributed by atoms with E-state index in [1.807, 2.05) is 6.07 Å². The van der Waals surface area contributed by atoms with Gasteiger partial charge >= 0.3 is 0 Å². The number of amides is 2. The van der Waals surface area contributed by atoms with E-state index in [1.54, 1.807) is 30.3 Å². The highest BCUT2D eigenvalue weighted by Crippen LogP contribution is 2.36. The summed E-state index contributed by atoms with van der Waals surface area (Å²) in [5.41, 5.74) is 8.75. The lowest BCUT2D eigenvalue weighted by molar-refractivity contribution is 0.0994. The van der Waals surface area contributed by atoms with E-state index in [1.165, 1.54) is 31.4 Å². The van der Waals surface area contributed by atoms with E-state index < -0.39 is 11.7 Å². The van der Waals surface area contributed by atoms with Crippen LogP contribution in [0.3, 0.4) is 0 Å². The molecule has 8 nitrogen and oxygen atoms in total. The monoisotopic (exact) mass is 472 g/mol. The van der Waals surface area contributed by atoms with Crippen molar-refractivity contribution in [1.82, 2.24) is 4.98 Å². The Bertz CT molecular complexity index is 1470. The number of carbonyl (C=O) groups is 2. The second-order valence-electron chi connectivity index (χ2n) is 7.96. The van der Waals surface area contributed by atoms with Crippen LogP contribution in [0, 0.1) is 5.82 Å². The second-order valence-corrected chi connectivity index (χ2v) is 7.96. The number of hydrogen-bond donors (Lipinski definition) is 3. The average molecular weight is 472 g/mol. The molecule has 2 heterocycles. The molecule has 5 rings (SSSR count). The molecule has 2 amide bonds. The number of nitrogens with one attached hydrogen (secondary N) is 2. The van der Waals surface area contributed by atoms with Gasteiger partial charge in [0.15, 0.2) is 0 Å². The van der Waals surface area contributed by atoms with E-state index in [0.29, 0.717) is 46.6 Å². The van der Waals surface area contributed by atoms with E-state index in [9.17, 15) is 14.0 Å². The van der Waals surface area contributed by atoms with Crippen molar-refractivity contribution in [3.8, 4) is 17.4 Å². The Morgan fingerprint density at radius 1 is 1.06 bits per heavy atom. The first kappa shape index (κ1) is 22.1. The van der Waals surface area contributed by atoms with Crippen LogP contribution in [-0.4, -0.2) is 30.5 Å². The first-order chi connectivity index (χ1) is 16.9. The topological polar surface area (TPSA) is 116 Å². The normalized spacial score (nSPS) is 12.1. The minimum atomic E-state index is -0.604. The van der Waals surface area contributed by atoms with Gasteiger partial charge in [0.1, 0.15) is 17.3 Å². The molecule has 3 aromatic carbocycles. The van der Waals surface area contributed by atoms with Crippen molar-refractivity contribution < 1.29 is 23.5 Å². The van der Waals surface area contributed by atoms with Gasteiger partial charge in [0, 0.05) is 35.4 Å². The standard InChI is InChI=1S/C26H21FN4O4/c1-34-22-13-20-14(12-18(22)25(28)32)2-9-23(31-20)35-21-8-7-19-17(10-11-29-19)24(21)26(33)30-16-5-3-15(27)4-6-16/h2-9,12-13,29H,10-11H2,1H3,(H2,28,32)(H,30,33). The third-order valence-corrected chi connectivity index (χ3v) is 5.76. The highest BCUT2D eigenvalue weighted by Gasteiger charge is 2.24. The van der Waals surface area contributed by atoms with Gasteiger partial charge in [0.25, 0.3) is 11.8 Å². The highest BCUT2D eigenvalue weighted by atomic mass is 19.1. The summed E-state index contributed by atoms with van der Waals surface area (Å²) in [6.07, 6.45) is 0.650. The van der Waals surface area contributed by atoms with Gasteiger partial charge in [-0.3, -0.25) is 9.59 Å². The van der Waals surface area contributed by atoms with Gasteiger partial charge in [-0.05, 0) is 60.5 Å². The fourth-order valence-electron chi connectivity index (χ4n) is 4.10. The van der Waals surface area contributed by atoms with Gasteiger partial charge in [-0.2, -0.15) is 0 Å². The summed E-state index contributed by atoms with van der Waals surface area (Å²) < 4.78 is 24.6. The van der Waals surface area contributed by atoms with Crippen LogP contribution in [0.5, 0.6) is 17.4 Å². The lowest BCUT2D eigenvalue weighted by atomic mass is 10.0. The third kappa shape index (κ3) is 4.31. The number of nitrogens with zero attached hydrogens (tertiary/aromatic N) is 1. The van der Waals surface area contributed by atoms with Crippen molar-refractivity contribution in [1.29, 1.82) is 0 Å². The van der Waals surface area contributed by atoms with Crippen molar-refractivity contribution in [3.05, 3.63) is 83.2 Å². The lowest BCUT2D eigenvalue weighted by Crippen LogP contribution is -2.15. The number of nitrogens with two attached hydrogens (primary N) is 1. The molecule has 0 saturated heterocycles. The maximum absolute atomic E-state index is 13.3. The Morgan fingerprint density at radius 2 is 1.86 bits per heavy atom. The number of benzene rings is 3. The predicted octanol–water partition coefficient (Wildman–Crippen LogP) is 4.49. The van der Waals surface area contributed by atoms with Crippen molar-refractivity contribution in [2.45, 2.75) is 6.42 Å². The summed E-state index contributed by atoms with van der Waals surface area (Å²) in [5.74, 6) is -0.475. The van der Waals surface area contributed by atoms with Gasteiger partial charge in [-0.1, -0.05) is 0 Å². The van der Waals surface area contributed by atoms with E-state index in [-0.39, 0.29) is 17.4 Å². The molecule has 176 valence electrons. The maximum atomic E-state index is 13.3. The maximum Gasteiger partial charge on any atom is 0.259 e. The first-order valence-corrected chi connectivity index (χ1v) is 10.9. The van der Waals surface area contributed by atoms with Crippen LogP contribution in [0.15, 0.2) is 60.7 Å². The van der Waals surface area contributed by atoms with Crippen molar-refractivity contribution in [3.63, 3.8) is 0 Å². The first-order valence-electron chi connectivity index (χ1n) is 10.9. The van der Waals surface area contributed by atoms with Crippen LogP contribution >= 0.6 is 0 Å². The van der Waals surface area contributed by atoms with Crippen LogP contribution in [0.25, 0.3) is 10.9 Å². The number of anilines is 2. The number of halogens is 1. The van der Waals surface area contributed by atoms with Gasteiger partial charge < -0.3 is 25.8 Å². The predicted molar refractivity (Wildman–Crippen MR) is 130 cm³/mol. The number of carbonyl (C=O) groups excluding carboxylic acids is 2. The zero-order valence-electron chi connectivity index (χ0n) is 18.7. The van der Waals surface area contributed by atoms with Crippen LogP contribution in [0.1, 0.15) is 26.3 Å². The molecular weight excluding hydrogens is 451 g/mol. The van der Waals surface area contributed by atoms with Gasteiger partial charge in [-0.25, -0.2) is 9.37 Å². The molecule has 1 aromatic heterocycles. The molecule has 1 aliphatic rings. The summed E-state index contributed by atoms with van der Waals surface area (Å²) in [4.78, 5) is 29.5. The number of methoxy groups -OCH3 is 1. The minimum absolute atomic E-state index is 0.251. The van der Waals surface area contributed by atoms with E-state index in [4.69, 9.17) is 15.2 Å². The molecular formula is C26H21FN4O4. The number of pyridine rings is 1. The Balaban J connectivity index is 1.51. The molecule has 4 N–H and O–H groups in total. The fraction of sp³-hybridized carbons (Fsp3) is 0.115. The van der Waals surface area contributed by atoms with Crippen LogP contribution < -0.4 is 25.8 Å². The van der Waals surface area contributed by atoms with Crippen molar-refractivity contribution in [2.24, 2.45) is 5.73 Å². The molecule has 0 atom stereocenters. The molecule has 0 bridgehead atoms. The van der Waals surface area contributed by atoms with Crippen LogP contribution in [0.4, 0.5) is 15.8 Å². The van der Waals surface area contributed by atoms with E-state index >= 15 is 0 Å². The lowest BCUT2D eigenvalue weighted by Gasteiger charge is -2.15. The van der Waals surface area contributed by atoms with Gasteiger partial charge in [-0.15, -0.1) is 0 Å². The second kappa shape index (κ2) is 8.94. The third-order valence-electron chi connectivity index (χ3n) is 5.76. The molecule has 9 heteroatoms. The molecule has 4 aromatic rings. The average Bonchev–Trinajstić information content (AvgIpc) is 3.33. The van der Waals surface area contributed by atoms with E-state index in [2.05, 4.69) is 15.6 Å². The smallest absolute Gasteiger partial charge is 0.259 e. The van der Waals surface area contributed by atoms with Gasteiger partial charge in [0.2, 0.25) is 5.88 Å². The van der Waals surface area contributed by atoms with Crippen molar-refractivity contribution >= 4 is 34.1 Å². The Hall–Kier alpha value is -4.66. The van der Waals surface area contributed by atoms with Crippen molar-refractivity contribution in [2.75, 3.05) is 24.3 Å². The molecule has 0 unspecified atom stereocenters. The summed E-state index contributed by atoms with van der Waals surface area (Å²) >= 11 is 0. The number of aromatic nitrogens is 1. The SMILES string of the molecule is COc1cc2nc(Oc3ccc4c(c3C(=O)Nc3ccc(F)cc3)CCN4)ccc2cc1C(N)=O. The molecule has 0 fully saturated rings. The number of hydrogen-bond acceptors (Lipinski definition) is 6. The minimum Gasteiger partial charge on any atom is -0.496 e. The number of primary amides is 1. The zero-order chi connectivity index (χ0) is 24.5. The molecule has 0 radical (unpaired) electrons. The Morgan fingerprint density at radius 3 is 2.60 bits per heavy atom. The summed E-state index contributed by atoms with van der Waals surface area (Å²) in [6.45, 7) is 0.700. The summed E-state index contributed by atoms with van der Waals surface area (Å²) in [5, 5.41) is 6.75. The Labute approximate surface area is 199 Å². The quantitative estimate of drug-likeness (QED) is 0.381. The molecule has 0 saturated carbocycles. The zero-order valence-corrected chi connectivity index (χ0v) is 18.7. The summed E-state index contributed by atoms with van der Waals surface area (Å²) in [7, 11) is 1.44. The highest BCUT2D eigenvalue weighted by molar-refractivity contribution is 6.08.